The summed E-state index contributed by atoms with van der Waals surface area (Å²) in [7, 11) is 0. The second-order valence-corrected chi connectivity index (χ2v) is 8.07. The second kappa shape index (κ2) is 13.1. The Morgan fingerprint density at radius 3 is 1.36 bits per heavy atom. The predicted molar refractivity (Wildman–Crippen MR) is 104 cm³/mol. The molecule has 2 rings (SSSR count). The van der Waals surface area contributed by atoms with Crippen LogP contribution < -0.4 is 0 Å². The zero-order chi connectivity index (χ0) is 17.7. The van der Waals surface area contributed by atoms with Gasteiger partial charge in [0.05, 0.1) is 25.4 Å². The summed E-state index contributed by atoms with van der Waals surface area (Å²) in [6, 6.07) is 0. The molecule has 0 radical (unpaired) electrons. The molecule has 2 aliphatic rings. The van der Waals surface area contributed by atoms with E-state index in [2.05, 4.69) is 13.8 Å². The lowest BCUT2D eigenvalue weighted by Crippen LogP contribution is -2.30. The van der Waals surface area contributed by atoms with Crippen molar-refractivity contribution in [2.75, 3.05) is 13.2 Å². The van der Waals surface area contributed by atoms with Crippen LogP contribution in [0.15, 0.2) is 0 Å². The van der Waals surface area contributed by atoms with Gasteiger partial charge in [-0.25, -0.2) is 0 Å². The Morgan fingerprint density at radius 2 is 1.00 bits per heavy atom. The Kier molecular flexibility index (Phi) is 11.1. The molecular formula is C22H42O3. The van der Waals surface area contributed by atoms with Crippen LogP contribution in [-0.4, -0.2) is 37.6 Å². The lowest BCUT2D eigenvalue weighted by Gasteiger charge is -2.23. The molecular weight excluding hydrogens is 312 g/mol. The molecule has 2 aliphatic heterocycles. The van der Waals surface area contributed by atoms with Gasteiger partial charge in [-0.15, -0.1) is 0 Å². The number of ether oxygens (including phenoxy) is 3. The lowest BCUT2D eigenvalue weighted by atomic mass is 10.0. The van der Waals surface area contributed by atoms with Gasteiger partial charge in [0, 0.05) is 0 Å². The highest BCUT2D eigenvalue weighted by atomic mass is 16.6. The zero-order valence-electron chi connectivity index (χ0n) is 16.8. The van der Waals surface area contributed by atoms with Crippen molar-refractivity contribution in [3.63, 3.8) is 0 Å². The first-order valence-electron chi connectivity index (χ1n) is 11.2. The van der Waals surface area contributed by atoms with Crippen LogP contribution in [0.5, 0.6) is 0 Å². The molecule has 0 N–H and O–H groups in total. The minimum Gasteiger partial charge on any atom is -0.370 e. The highest BCUT2D eigenvalue weighted by Crippen LogP contribution is 2.29. The summed E-state index contributed by atoms with van der Waals surface area (Å²) in [6.45, 7) is 6.35. The van der Waals surface area contributed by atoms with E-state index in [1.165, 1.54) is 77.0 Å². The third kappa shape index (κ3) is 9.96. The summed E-state index contributed by atoms with van der Waals surface area (Å²) in [5.41, 5.74) is 0. The van der Waals surface area contributed by atoms with E-state index < -0.39 is 0 Å². The summed E-state index contributed by atoms with van der Waals surface area (Å²) >= 11 is 0. The summed E-state index contributed by atoms with van der Waals surface area (Å²) in [5.74, 6) is 0. The molecule has 0 spiro atoms. The van der Waals surface area contributed by atoms with E-state index in [1.807, 2.05) is 0 Å². The molecule has 0 saturated carbocycles. The van der Waals surface area contributed by atoms with Gasteiger partial charge in [0.1, 0.15) is 12.2 Å². The monoisotopic (exact) mass is 354 g/mol. The maximum atomic E-state index is 6.50. The first kappa shape index (κ1) is 21.2. The van der Waals surface area contributed by atoms with E-state index in [0.29, 0.717) is 24.4 Å². The van der Waals surface area contributed by atoms with E-state index in [9.17, 15) is 0 Å². The van der Waals surface area contributed by atoms with Gasteiger partial charge < -0.3 is 14.2 Å². The van der Waals surface area contributed by atoms with Crippen LogP contribution in [0.3, 0.4) is 0 Å². The van der Waals surface area contributed by atoms with E-state index >= 15 is 0 Å². The highest BCUT2D eigenvalue weighted by molar-refractivity contribution is 4.86. The van der Waals surface area contributed by atoms with Gasteiger partial charge in [-0.3, -0.25) is 0 Å². The summed E-state index contributed by atoms with van der Waals surface area (Å²) in [5, 5.41) is 0. The van der Waals surface area contributed by atoms with E-state index in [4.69, 9.17) is 14.2 Å². The standard InChI is InChI=1S/C22H42O3/c1-3-5-7-9-11-13-15-19(21-17-23-21)25-20(22-18-24-22)16-14-12-10-8-6-4-2/h19-22H,3-18H2,1-2H3. The van der Waals surface area contributed by atoms with Gasteiger partial charge in [0.25, 0.3) is 0 Å². The van der Waals surface area contributed by atoms with Crippen LogP contribution in [0.25, 0.3) is 0 Å². The molecule has 3 nitrogen and oxygen atoms in total. The number of rotatable bonds is 18. The van der Waals surface area contributed by atoms with Gasteiger partial charge in [-0.1, -0.05) is 90.9 Å². The van der Waals surface area contributed by atoms with E-state index in [0.717, 1.165) is 26.1 Å². The van der Waals surface area contributed by atoms with Crippen molar-refractivity contribution < 1.29 is 14.2 Å². The number of unbranched alkanes of at least 4 members (excludes halogenated alkanes) is 10. The van der Waals surface area contributed by atoms with E-state index in [-0.39, 0.29) is 0 Å². The van der Waals surface area contributed by atoms with Gasteiger partial charge >= 0.3 is 0 Å². The van der Waals surface area contributed by atoms with E-state index in [1.54, 1.807) is 0 Å². The predicted octanol–water partition coefficient (Wildman–Crippen LogP) is 6.04. The van der Waals surface area contributed by atoms with Gasteiger partial charge in [-0.2, -0.15) is 0 Å². The van der Waals surface area contributed by atoms with Crippen molar-refractivity contribution >= 4 is 0 Å². The van der Waals surface area contributed by atoms with Crippen LogP contribution in [0.4, 0.5) is 0 Å². The maximum Gasteiger partial charge on any atom is 0.107 e. The number of hydrogen-bond donors (Lipinski definition) is 0. The highest BCUT2D eigenvalue weighted by Gasteiger charge is 2.39. The Morgan fingerprint density at radius 1 is 0.640 bits per heavy atom. The van der Waals surface area contributed by atoms with Gasteiger partial charge in [-0.05, 0) is 12.8 Å². The topological polar surface area (TPSA) is 34.3 Å². The van der Waals surface area contributed by atoms with Crippen molar-refractivity contribution in [3.8, 4) is 0 Å². The third-order valence-corrected chi connectivity index (χ3v) is 5.58. The molecule has 148 valence electrons. The molecule has 2 fully saturated rings. The molecule has 0 aliphatic carbocycles. The van der Waals surface area contributed by atoms with Crippen molar-refractivity contribution in [1.29, 1.82) is 0 Å². The normalized spacial score (nSPS) is 24.2. The van der Waals surface area contributed by atoms with Crippen molar-refractivity contribution in [2.45, 2.75) is 128 Å². The maximum absolute atomic E-state index is 6.50. The Bertz CT molecular complexity index is 282. The Hall–Kier alpha value is -0.120. The minimum atomic E-state index is 0.306. The molecule has 4 atom stereocenters. The average Bonchev–Trinajstić information content (AvgIpc) is 3.49. The fraction of sp³-hybridized carbons (Fsp3) is 1.00. The summed E-state index contributed by atoms with van der Waals surface area (Å²) in [6.07, 6.45) is 19.8. The Balaban J connectivity index is 1.59. The van der Waals surface area contributed by atoms with Crippen molar-refractivity contribution in [1.82, 2.24) is 0 Å². The molecule has 2 heterocycles. The fourth-order valence-corrected chi connectivity index (χ4v) is 3.70. The summed E-state index contributed by atoms with van der Waals surface area (Å²) in [4.78, 5) is 0. The molecule has 0 aromatic rings. The quantitative estimate of drug-likeness (QED) is 0.222. The number of hydrogen-bond acceptors (Lipinski definition) is 3. The smallest absolute Gasteiger partial charge is 0.107 e. The van der Waals surface area contributed by atoms with Crippen LogP contribution in [0, 0.1) is 0 Å². The third-order valence-electron chi connectivity index (χ3n) is 5.58. The first-order chi connectivity index (χ1) is 12.3. The molecule has 25 heavy (non-hydrogen) atoms. The average molecular weight is 355 g/mol. The zero-order valence-corrected chi connectivity index (χ0v) is 16.8. The minimum absolute atomic E-state index is 0.306. The largest absolute Gasteiger partial charge is 0.370 e. The summed E-state index contributed by atoms with van der Waals surface area (Å²) < 4.78 is 17.6. The van der Waals surface area contributed by atoms with Gasteiger partial charge in [0.2, 0.25) is 0 Å². The fourth-order valence-electron chi connectivity index (χ4n) is 3.70. The van der Waals surface area contributed by atoms with Crippen molar-refractivity contribution in [2.24, 2.45) is 0 Å². The van der Waals surface area contributed by atoms with Crippen LogP contribution in [0.2, 0.25) is 0 Å². The molecule has 0 aromatic heterocycles. The molecule has 2 saturated heterocycles. The molecule has 0 bridgehead atoms. The Labute approximate surface area is 156 Å². The SMILES string of the molecule is CCCCCCCCC(OC(CCCCCCCC)C1CO1)C1CO1. The van der Waals surface area contributed by atoms with Crippen LogP contribution in [-0.2, 0) is 14.2 Å². The molecule has 4 unspecified atom stereocenters. The molecule has 0 amide bonds. The van der Waals surface area contributed by atoms with Crippen LogP contribution in [0.1, 0.15) is 104 Å². The first-order valence-corrected chi connectivity index (χ1v) is 11.2. The lowest BCUT2D eigenvalue weighted by molar-refractivity contribution is -0.0468. The van der Waals surface area contributed by atoms with Gasteiger partial charge in [0.15, 0.2) is 0 Å². The molecule has 0 aromatic carbocycles. The second-order valence-electron chi connectivity index (χ2n) is 8.07. The van der Waals surface area contributed by atoms with Crippen molar-refractivity contribution in [3.05, 3.63) is 0 Å². The van der Waals surface area contributed by atoms with Crippen LogP contribution >= 0.6 is 0 Å². The molecule has 3 heteroatoms. The number of epoxide rings is 2.